The van der Waals surface area contributed by atoms with Gasteiger partial charge < -0.3 is 66.4 Å². The number of nitrogens with zero attached hydrogens (tertiary/aromatic N) is 2. The average molecular weight is 572 g/mol. The molecule has 24 heavy (non-hydrogen) atoms. The van der Waals surface area contributed by atoms with Crippen LogP contribution in [0.1, 0.15) is 39.5 Å². The van der Waals surface area contributed by atoms with Gasteiger partial charge in [0.1, 0.15) is 13.1 Å². The normalized spacial score (nSPS) is 11.8. The summed E-state index contributed by atoms with van der Waals surface area (Å²) in [6, 6.07) is 0. The zero-order chi connectivity index (χ0) is 16.9. The first kappa shape index (κ1) is 30.0. The van der Waals surface area contributed by atoms with Crippen molar-refractivity contribution < 1.29 is 66.4 Å². The molecule has 0 bridgehead atoms. The number of quaternary nitrogens is 2. The van der Waals surface area contributed by atoms with E-state index < -0.39 is 0 Å². The molecule has 0 spiro atoms. The molecule has 0 fully saturated rings. The Morgan fingerprint density at radius 3 is 1.17 bits per heavy atom. The standard InChI is InChI=1S/C18H42N2O2.2HI/c1-7-21-17-15-19(3,4)13-11-9-10-12-14-20(5,6)16-18-22-8-2;;/h7-18H2,1-6H3;2*1H/q+2;;/p-2. The number of hydrogen-bond acceptors (Lipinski definition) is 2. The largest absolute Gasteiger partial charge is 1.00 e. The minimum atomic E-state index is 0. The van der Waals surface area contributed by atoms with Gasteiger partial charge in [0.15, 0.2) is 0 Å². The Labute approximate surface area is 185 Å². The highest BCUT2D eigenvalue weighted by Crippen LogP contribution is 2.08. The second-order valence-electron chi connectivity index (χ2n) is 7.57. The van der Waals surface area contributed by atoms with Crippen LogP contribution in [0.4, 0.5) is 0 Å². The molecule has 0 aromatic carbocycles. The molecule has 0 aliphatic rings. The van der Waals surface area contributed by atoms with Crippen LogP contribution >= 0.6 is 0 Å². The second kappa shape index (κ2) is 17.7. The fourth-order valence-electron chi connectivity index (χ4n) is 2.57. The molecule has 0 saturated carbocycles. The van der Waals surface area contributed by atoms with Crippen molar-refractivity contribution >= 4 is 0 Å². The first-order valence-corrected chi connectivity index (χ1v) is 9.12. The maximum absolute atomic E-state index is 5.46. The van der Waals surface area contributed by atoms with Gasteiger partial charge in [-0.25, -0.2) is 0 Å². The number of hydrogen-bond donors (Lipinski definition) is 0. The van der Waals surface area contributed by atoms with Crippen LogP contribution in [-0.4, -0.2) is 89.8 Å². The van der Waals surface area contributed by atoms with E-state index in [0.29, 0.717) is 0 Å². The Hall–Kier alpha value is 1.30. The van der Waals surface area contributed by atoms with E-state index in [1.54, 1.807) is 0 Å². The summed E-state index contributed by atoms with van der Waals surface area (Å²) in [7, 11) is 9.25. The van der Waals surface area contributed by atoms with Gasteiger partial charge in [0, 0.05) is 13.2 Å². The molecule has 0 amide bonds. The third kappa shape index (κ3) is 19.6. The predicted molar refractivity (Wildman–Crippen MR) is 95.1 cm³/mol. The van der Waals surface area contributed by atoms with E-state index in [-0.39, 0.29) is 48.0 Å². The Morgan fingerprint density at radius 1 is 0.542 bits per heavy atom. The molecule has 0 aliphatic carbocycles. The van der Waals surface area contributed by atoms with Crippen molar-refractivity contribution in [2.45, 2.75) is 39.5 Å². The Balaban J connectivity index is -0.00000220. The van der Waals surface area contributed by atoms with Gasteiger partial charge in [-0.2, -0.15) is 0 Å². The lowest BCUT2D eigenvalue weighted by Crippen LogP contribution is -3.00. The van der Waals surface area contributed by atoms with Crippen LogP contribution in [0.15, 0.2) is 0 Å². The molecule has 0 aromatic rings. The van der Waals surface area contributed by atoms with E-state index in [4.69, 9.17) is 9.47 Å². The number of halogens is 2. The van der Waals surface area contributed by atoms with Crippen LogP contribution in [-0.2, 0) is 9.47 Å². The molecule has 0 aliphatic heterocycles. The molecule has 0 unspecified atom stereocenters. The van der Waals surface area contributed by atoms with Crippen LogP contribution in [0.25, 0.3) is 0 Å². The lowest BCUT2D eigenvalue weighted by Gasteiger charge is -2.30. The fraction of sp³-hybridized carbons (Fsp3) is 1.00. The molecule has 0 heterocycles. The van der Waals surface area contributed by atoms with E-state index in [2.05, 4.69) is 42.0 Å². The van der Waals surface area contributed by atoms with E-state index in [1.165, 1.54) is 38.8 Å². The van der Waals surface area contributed by atoms with Crippen molar-refractivity contribution in [3.05, 3.63) is 0 Å². The maximum Gasteiger partial charge on any atom is 0.102 e. The maximum atomic E-state index is 5.46. The number of ether oxygens (including phenoxy) is 2. The molecule has 0 rings (SSSR count). The average Bonchev–Trinajstić information content (AvgIpc) is 2.43. The highest BCUT2D eigenvalue weighted by Gasteiger charge is 2.15. The summed E-state index contributed by atoms with van der Waals surface area (Å²) >= 11 is 0. The lowest BCUT2D eigenvalue weighted by molar-refractivity contribution is -0.891. The molecule has 0 aromatic heterocycles. The SMILES string of the molecule is CCOCC[N+](C)(C)CCCCCC[N+](C)(C)CCOCC.[I-].[I-]. The van der Waals surface area contributed by atoms with Gasteiger partial charge in [0.25, 0.3) is 0 Å². The van der Waals surface area contributed by atoms with Crippen LogP contribution < -0.4 is 48.0 Å². The molecular weight excluding hydrogens is 530 g/mol. The number of rotatable bonds is 15. The van der Waals surface area contributed by atoms with Gasteiger partial charge in [0.05, 0.1) is 54.5 Å². The highest BCUT2D eigenvalue weighted by atomic mass is 127. The molecular formula is C18H42I2N2O2. The Morgan fingerprint density at radius 2 is 0.875 bits per heavy atom. The molecule has 0 saturated heterocycles. The van der Waals surface area contributed by atoms with Gasteiger partial charge in [-0.05, 0) is 39.5 Å². The Bertz CT molecular complexity index is 239. The molecule has 6 heteroatoms. The summed E-state index contributed by atoms with van der Waals surface area (Å²) in [6.07, 6.45) is 5.35. The summed E-state index contributed by atoms with van der Waals surface area (Å²) in [5.41, 5.74) is 0. The van der Waals surface area contributed by atoms with Crippen molar-refractivity contribution in [2.75, 3.05) is 80.8 Å². The number of likely N-dealkylation sites (N-methyl/N-ethyl adjacent to an activating group) is 2. The molecule has 0 radical (unpaired) electrons. The molecule has 0 N–H and O–H groups in total. The monoisotopic (exact) mass is 572 g/mol. The third-order valence-electron chi connectivity index (χ3n) is 4.37. The lowest BCUT2D eigenvalue weighted by atomic mass is 10.1. The minimum Gasteiger partial charge on any atom is -1.00 e. The van der Waals surface area contributed by atoms with Gasteiger partial charge in [-0.1, -0.05) is 0 Å². The highest BCUT2D eigenvalue weighted by molar-refractivity contribution is 4.45. The van der Waals surface area contributed by atoms with Crippen molar-refractivity contribution in [3.63, 3.8) is 0 Å². The van der Waals surface area contributed by atoms with Gasteiger partial charge >= 0.3 is 0 Å². The minimum absolute atomic E-state index is 0. The van der Waals surface area contributed by atoms with Crippen LogP contribution in [0.5, 0.6) is 0 Å². The van der Waals surface area contributed by atoms with Crippen molar-refractivity contribution in [1.29, 1.82) is 0 Å². The van der Waals surface area contributed by atoms with Crippen LogP contribution in [0.2, 0.25) is 0 Å². The van der Waals surface area contributed by atoms with E-state index in [1.807, 2.05) is 0 Å². The van der Waals surface area contributed by atoms with Gasteiger partial charge in [-0.3, -0.25) is 0 Å². The van der Waals surface area contributed by atoms with Gasteiger partial charge in [0.2, 0.25) is 0 Å². The molecule has 150 valence electrons. The summed E-state index contributed by atoms with van der Waals surface area (Å²) in [4.78, 5) is 0. The Kier molecular flexibility index (Phi) is 22.2. The summed E-state index contributed by atoms with van der Waals surface area (Å²) < 4.78 is 13.1. The number of unbranched alkanes of at least 4 members (excludes halogenated alkanes) is 3. The van der Waals surface area contributed by atoms with Crippen molar-refractivity contribution in [2.24, 2.45) is 0 Å². The molecule has 4 nitrogen and oxygen atoms in total. The summed E-state index contributed by atoms with van der Waals surface area (Å²) in [6.45, 7) is 12.3. The van der Waals surface area contributed by atoms with E-state index in [9.17, 15) is 0 Å². The fourth-order valence-corrected chi connectivity index (χ4v) is 2.57. The van der Waals surface area contributed by atoms with Crippen LogP contribution in [0, 0.1) is 0 Å². The topological polar surface area (TPSA) is 18.5 Å². The quantitative estimate of drug-likeness (QED) is 0.117. The third-order valence-corrected chi connectivity index (χ3v) is 4.37. The van der Waals surface area contributed by atoms with Crippen molar-refractivity contribution in [1.82, 2.24) is 0 Å². The van der Waals surface area contributed by atoms with E-state index in [0.717, 1.165) is 48.5 Å². The summed E-state index contributed by atoms with van der Waals surface area (Å²) in [5, 5.41) is 0. The van der Waals surface area contributed by atoms with Crippen LogP contribution in [0.3, 0.4) is 0 Å². The van der Waals surface area contributed by atoms with Crippen molar-refractivity contribution in [3.8, 4) is 0 Å². The predicted octanol–water partition coefficient (Wildman–Crippen LogP) is -3.22. The smallest absolute Gasteiger partial charge is 0.102 e. The first-order chi connectivity index (χ1) is 10.3. The first-order valence-electron chi connectivity index (χ1n) is 9.12. The van der Waals surface area contributed by atoms with E-state index >= 15 is 0 Å². The molecule has 0 atom stereocenters. The summed E-state index contributed by atoms with van der Waals surface area (Å²) in [5.74, 6) is 0. The zero-order valence-corrected chi connectivity index (χ0v) is 21.3. The van der Waals surface area contributed by atoms with Gasteiger partial charge in [-0.15, -0.1) is 0 Å². The zero-order valence-electron chi connectivity index (χ0n) is 17.0. The second-order valence-corrected chi connectivity index (χ2v) is 7.57.